The number of anilines is 1. The van der Waals surface area contributed by atoms with Crippen molar-refractivity contribution in [2.75, 3.05) is 84.6 Å². The lowest BCUT2D eigenvalue weighted by atomic mass is 10.1. The Hall–Kier alpha value is -1.99. The van der Waals surface area contributed by atoms with Crippen LogP contribution in [0.3, 0.4) is 0 Å². The summed E-state index contributed by atoms with van der Waals surface area (Å²) in [6.07, 6.45) is 0. The highest BCUT2D eigenvalue weighted by Gasteiger charge is 2.21. The van der Waals surface area contributed by atoms with Crippen molar-refractivity contribution in [3.05, 3.63) is 24.3 Å². The van der Waals surface area contributed by atoms with Crippen LogP contribution >= 0.6 is 0 Å². The number of nitrogens with zero attached hydrogens (tertiary/aromatic N) is 4. The number of hydrogen-bond donors (Lipinski definition) is 1. The van der Waals surface area contributed by atoms with Crippen LogP contribution in [0, 0.1) is 5.92 Å². The van der Waals surface area contributed by atoms with Crippen molar-refractivity contribution in [1.29, 1.82) is 0 Å². The molecule has 1 atom stereocenters. The van der Waals surface area contributed by atoms with Crippen molar-refractivity contribution >= 4 is 11.6 Å². The summed E-state index contributed by atoms with van der Waals surface area (Å²) < 4.78 is 10.8. The molecule has 1 N–H and O–H groups in total. The number of benzene rings is 1. The Morgan fingerprint density at radius 2 is 1.93 bits per heavy atom. The number of morpholine rings is 1. The van der Waals surface area contributed by atoms with Crippen LogP contribution in [0.25, 0.3) is 0 Å². The van der Waals surface area contributed by atoms with Crippen LogP contribution in [-0.2, 0) is 4.74 Å². The van der Waals surface area contributed by atoms with Crippen LogP contribution < -0.4 is 15.0 Å². The predicted octanol–water partition coefficient (Wildman–Crippen LogP) is 1.36. The van der Waals surface area contributed by atoms with E-state index >= 15 is 0 Å². The third kappa shape index (κ3) is 5.75. The van der Waals surface area contributed by atoms with Gasteiger partial charge in [-0.15, -0.1) is 0 Å². The van der Waals surface area contributed by atoms with Crippen LogP contribution in [0.1, 0.15) is 6.92 Å². The van der Waals surface area contributed by atoms with Crippen molar-refractivity contribution in [3.8, 4) is 5.75 Å². The molecule has 2 fully saturated rings. The molecule has 2 saturated heterocycles. The molecule has 2 aliphatic heterocycles. The molecule has 0 aliphatic carbocycles. The van der Waals surface area contributed by atoms with E-state index in [1.165, 1.54) is 5.69 Å². The maximum atomic E-state index is 5.44. The maximum Gasteiger partial charge on any atom is 0.193 e. The van der Waals surface area contributed by atoms with Crippen LogP contribution in [-0.4, -0.2) is 95.5 Å². The van der Waals surface area contributed by atoms with Gasteiger partial charge in [0.2, 0.25) is 0 Å². The van der Waals surface area contributed by atoms with Gasteiger partial charge in [-0.1, -0.05) is 13.0 Å². The lowest BCUT2D eigenvalue weighted by Crippen LogP contribution is -2.53. The Morgan fingerprint density at radius 1 is 1.18 bits per heavy atom. The number of ether oxygens (including phenoxy) is 2. The van der Waals surface area contributed by atoms with E-state index in [0.717, 1.165) is 77.3 Å². The molecule has 1 aromatic carbocycles. The van der Waals surface area contributed by atoms with Gasteiger partial charge in [-0.25, -0.2) is 0 Å². The highest BCUT2D eigenvalue weighted by molar-refractivity contribution is 5.80. The molecule has 156 valence electrons. The number of nitrogens with one attached hydrogen (secondary N) is 1. The third-order valence-corrected chi connectivity index (χ3v) is 5.49. The second-order valence-corrected chi connectivity index (χ2v) is 7.62. The van der Waals surface area contributed by atoms with E-state index in [9.17, 15) is 0 Å². The van der Waals surface area contributed by atoms with Gasteiger partial charge in [0.25, 0.3) is 0 Å². The van der Waals surface area contributed by atoms with Gasteiger partial charge in [-0.05, 0) is 18.1 Å². The first-order valence-corrected chi connectivity index (χ1v) is 10.3. The summed E-state index contributed by atoms with van der Waals surface area (Å²) in [6.45, 7) is 12.1. The number of rotatable bonds is 6. The molecule has 7 nitrogen and oxygen atoms in total. The van der Waals surface area contributed by atoms with Gasteiger partial charge >= 0.3 is 0 Å². The molecular formula is C21H35N5O2. The number of piperazine rings is 1. The summed E-state index contributed by atoms with van der Waals surface area (Å²) in [5.74, 6) is 2.50. The van der Waals surface area contributed by atoms with Gasteiger partial charge in [0.05, 0.1) is 20.3 Å². The van der Waals surface area contributed by atoms with Gasteiger partial charge in [-0.2, -0.15) is 0 Å². The van der Waals surface area contributed by atoms with Gasteiger partial charge in [0.1, 0.15) is 5.75 Å². The van der Waals surface area contributed by atoms with Gasteiger partial charge in [0.15, 0.2) is 5.96 Å². The molecule has 0 bridgehead atoms. The molecule has 0 radical (unpaired) electrons. The Morgan fingerprint density at radius 3 is 2.61 bits per heavy atom. The minimum atomic E-state index is 0.577. The number of methoxy groups -OCH3 is 1. The van der Waals surface area contributed by atoms with E-state index in [-0.39, 0.29) is 0 Å². The number of hydrogen-bond acceptors (Lipinski definition) is 5. The van der Waals surface area contributed by atoms with Crippen LogP contribution in [0.15, 0.2) is 29.3 Å². The normalized spacial score (nSPS) is 20.2. The smallest absolute Gasteiger partial charge is 0.193 e. The fourth-order valence-corrected chi connectivity index (χ4v) is 3.87. The summed E-state index contributed by atoms with van der Waals surface area (Å²) >= 11 is 0. The summed E-state index contributed by atoms with van der Waals surface area (Å²) in [6, 6.07) is 8.30. The summed E-state index contributed by atoms with van der Waals surface area (Å²) in [5, 5.41) is 3.58. The average Bonchev–Trinajstić information content (AvgIpc) is 2.75. The highest BCUT2D eigenvalue weighted by Crippen LogP contribution is 2.22. The van der Waals surface area contributed by atoms with Crippen molar-refractivity contribution in [2.24, 2.45) is 10.9 Å². The van der Waals surface area contributed by atoms with E-state index in [1.807, 2.05) is 13.1 Å². The fraction of sp³-hybridized carbons (Fsp3) is 0.667. The zero-order valence-electron chi connectivity index (χ0n) is 17.6. The quantitative estimate of drug-likeness (QED) is 0.586. The minimum absolute atomic E-state index is 0.577. The monoisotopic (exact) mass is 389 g/mol. The predicted molar refractivity (Wildman–Crippen MR) is 115 cm³/mol. The van der Waals surface area contributed by atoms with E-state index in [1.54, 1.807) is 7.11 Å². The van der Waals surface area contributed by atoms with Gasteiger partial charge < -0.3 is 24.6 Å². The van der Waals surface area contributed by atoms with E-state index < -0.39 is 0 Å². The zero-order chi connectivity index (χ0) is 19.8. The van der Waals surface area contributed by atoms with E-state index in [0.29, 0.717) is 5.92 Å². The average molecular weight is 390 g/mol. The Balaban J connectivity index is 1.44. The topological polar surface area (TPSA) is 52.6 Å². The van der Waals surface area contributed by atoms with Crippen molar-refractivity contribution in [2.45, 2.75) is 6.92 Å². The molecule has 1 unspecified atom stereocenters. The lowest BCUT2D eigenvalue weighted by molar-refractivity contribution is 0.0320. The molecular weight excluding hydrogens is 354 g/mol. The molecule has 7 heteroatoms. The second-order valence-electron chi connectivity index (χ2n) is 7.62. The Labute approximate surface area is 169 Å². The van der Waals surface area contributed by atoms with Crippen LogP contribution in [0.2, 0.25) is 0 Å². The summed E-state index contributed by atoms with van der Waals surface area (Å²) in [5.41, 5.74) is 1.22. The standard InChI is InChI=1S/C21H35N5O2/c1-18(17-24-11-13-28-14-12-24)16-23-21(22-2)26-9-7-25(8-10-26)19-5-4-6-20(15-19)27-3/h4-6,15,18H,7-14,16-17H2,1-3H3,(H,22,23). The molecule has 1 aromatic rings. The Kier molecular flexibility index (Phi) is 7.80. The van der Waals surface area contributed by atoms with Crippen molar-refractivity contribution in [1.82, 2.24) is 15.1 Å². The van der Waals surface area contributed by atoms with E-state index in [4.69, 9.17) is 9.47 Å². The SMILES string of the molecule is CN=C(NCC(C)CN1CCOCC1)N1CCN(c2cccc(OC)c2)CC1. The minimum Gasteiger partial charge on any atom is -0.497 e. The number of guanidine groups is 1. The molecule has 2 aliphatic rings. The van der Waals surface area contributed by atoms with Crippen LogP contribution in [0.5, 0.6) is 5.75 Å². The Bertz CT molecular complexity index is 625. The molecule has 3 rings (SSSR count). The summed E-state index contributed by atoms with van der Waals surface area (Å²) in [4.78, 5) is 11.8. The summed E-state index contributed by atoms with van der Waals surface area (Å²) in [7, 11) is 3.59. The first kappa shape index (κ1) is 20.7. The molecule has 0 saturated carbocycles. The molecule has 0 aromatic heterocycles. The number of aliphatic imine (C=N–C) groups is 1. The van der Waals surface area contributed by atoms with E-state index in [2.05, 4.69) is 50.1 Å². The van der Waals surface area contributed by atoms with Crippen molar-refractivity contribution < 1.29 is 9.47 Å². The second kappa shape index (κ2) is 10.5. The fourth-order valence-electron chi connectivity index (χ4n) is 3.87. The molecule has 0 amide bonds. The largest absolute Gasteiger partial charge is 0.497 e. The molecule has 0 spiro atoms. The van der Waals surface area contributed by atoms with Gasteiger partial charge in [0, 0.05) is 71.2 Å². The maximum absolute atomic E-state index is 5.44. The zero-order valence-corrected chi connectivity index (χ0v) is 17.6. The lowest BCUT2D eigenvalue weighted by Gasteiger charge is -2.38. The third-order valence-electron chi connectivity index (χ3n) is 5.49. The molecule has 28 heavy (non-hydrogen) atoms. The van der Waals surface area contributed by atoms with Gasteiger partial charge in [-0.3, -0.25) is 9.89 Å². The molecule has 2 heterocycles. The first-order valence-electron chi connectivity index (χ1n) is 10.3. The van der Waals surface area contributed by atoms with Crippen LogP contribution in [0.4, 0.5) is 5.69 Å². The highest BCUT2D eigenvalue weighted by atomic mass is 16.5. The first-order chi connectivity index (χ1) is 13.7. The van der Waals surface area contributed by atoms with Crippen molar-refractivity contribution in [3.63, 3.8) is 0 Å².